The largest absolute Gasteiger partial charge is 0.507 e. The molecule has 3 aromatic carbocycles. The fourth-order valence-electron chi connectivity index (χ4n) is 4.20. The number of ketones is 1. The van der Waals surface area contributed by atoms with Gasteiger partial charge in [-0.1, -0.05) is 54.6 Å². The van der Waals surface area contributed by atoms with Gasteiger partial charge in [-0.15, -0.1) is 0 Å². The first-order valence-electron chi connectivity index (χ1n) is 11.6. The number of carbonyl (C=O) groups excluding carboxylic acids is 2. The molecule has 0 radical (unpaired) electrons. The molecule has 1 heterocycles. The topological polar surface area (TPSA) is 70.1 Å². The van der Waals surface area contributed by atoms with Crippen molar-refractivity contribution >= 4 is 17.4 Å². The van der Waals surface area contributed by atoms with Crippen molar-refractivity contribution in [1.29, 1.82) is 0 Å². The average molecular weight is 471 g/mol. The Kier molecular flexibility index (Phi) is 7.32. The minimum atomic E-state index is -0.671. The summed E-state index contributed by atoms with van der Waals surface area (Å²) < 4.78 is 5.90. The third kappa shape index (κ3) is 5.28. The Balaban J connectivity index is 1.63. The van der Waals surface area contributed by atoms with E-state index in [1.165, 1.54) is 0 Å². The second-order valence-corrected chi connectivity index (χ2v) is 8.95. The van der Waals surface area contributed by atoms with Crippen LogP contribution >= 0.6 is 0 Å². The van der Waals surface area contributed by atoms with Crippen molar-refractivity contribution in [3.8, 4) is 5.75 Å². The van der Waals surface area contributed by atoms with E-state index in [1.54, 1.807) is 29.2 Å². The number of rotatable bonds is 8. The quantitative estimate of drug-likeness (QED) is 0.297. The lowest BCUT2D eigenvalue weighted by Crippen LogP contribution is -2.35. The van der Waals surface area contributed by atoms with Crippen LogP contribution in [0.3, 0.4) is 0 Å². The zero-order valence-electron chi connectivity index (χ0n) is 20.3. The van der Waals surface area contributed by atoms with Gasteiger partial charge in [0.05, 0.1) is 11.6 Å². The molecule has 1 fully saturated rings. The summed E-state index contributed by atoms with van der Waals surface area (Å²) >= 11 is 0. The van der Waals surface area contributed by atoms with Crippen LogP contribution in [0.2, 0.25) is 0 Å². The molecule has 1 atom stereocenters. The minimum absolute atomic E-state index is 0.105. The van der Waals surface area contributed by atoms with Crippen molar-refractivity contribution in [2.45, 2.75) is 19.6 Å². The SMILES string of the molecule is Cc1ccccc1COc1ccc(/C(O)=C2\C(=O)C(=O)N(CCN(C)C)C2c2ccccc2)cc1. The van der Waals surface area contributed by atoms with E-state index in [4.69, 9.17) is 4.74 Å². The third-order valence-electron chi connectivity index (χ3n) is 6.23. The van der Waals surface area contributed by atoms with Crippen LogP contribution in [0.25, 0.3) is 5.76 Å². The number of amides is 1. The molecule has 0 saturated carbocycles. The maximum absolute atomic E-state index is 13.1. The first-order valence-corrected chi connectivity index (χ1v) is 11.6. The van der Waals surface area contributed by atoms with Crippen molar-refractivity contribution in [3.05, 3.63) is 107 Å². The highest BCUT2D eigenvalue weighted by Crippen LogP contribution is 2.39. The van der Waals surface area contributed by atoms with Crippen LogP contribution < -0.4 is 4.74 Å². The third-order valence-corrected chi connectivity index (χ3v) is 6.23. The van der Waals surface area contributed by atoms with Gasteiger partial charge in [0.1, 0.15) is 18.1 Å². The van der Waals surface area contributed by atoms with E-state index in [0.29, 0.717) is 31.0 Å². The molecule has 1 unspecified atom stereocenters. The van der Waals surface area contributed by atoms with E-state index in [-0.39, 0.29) is 11.3 Å². The molecule has 4 rings (SSSR count). The summed E-state index contributed by atoms with van der Waals surface area (Å²) in [6.45, 7) is 3.45. The molecule has 1 saturated heterocycles. The number of likely N-dealkylation sites (tertiary alicyclic amines) is 1. The smallest absolute Gasteiger partial charge is 0.295 e. The molecule has 0 aliphatic carbocycles. The molecule has 1 aliphatic rings. The maximum atomic E-state index is 13.1. The molecule has 0 spiro atoms. The first kappa shape index (κ1) is 24.2. The maximum Gasteiger partial charge on any atom is 0.295 e. The summed E-state index contributed by atoms with van der Waals surface area (Å²) in [5.41, 5.74) is 3.60. The van der Waals surface area contributed by atoms with Crippen LogP contribution in [-0.2, 0) is 16.2 Å². The van der Waals surface area contributed by atoms with Gasteiger partial charge in [0, 0.05) is 18.7 Å². The number of nitrogens with zero attached hydrogens (tertiary/aromatic N) is 2. The monoisotopic (exact) mass is 470 g/mol. The normalized spacial score (nSPS) is 17.3. The Morgan fingerprint density at radius 2 is 1.60 bits per heavy atom. The zero-order valence-corrected chi connectivity index (χ0v) is 20.3. The number of hydrogen-bond acceptors (Lipinski definition) is 5. The Labute approximate surface area is 206 Å². The molecule has 6 nitrogen and oxygen atoms in total. The highest BCUT2D eigenvalue weighted by Gasteiger charge is 2.45. The number of Topliss-reactive ketones (excluding diaryl/α,β-unsaturated/α-hetero) is 1. The molecule has 1 N–H and O–H groups in total. The van der Waals surface area contributed by atoms with Gasteiger partial charge < -0.3 is 19.6 Å². The summed E-state index contributed by atoms with van der Waals surface area (Å²) in [5, 5.41) is 11.2. The van der Waals surface area contributed by atoms with Crippen LogP contribution in [0.1, 0.15) is 28.3 Å². The average Bonchev–Trinajstić information content (AvgIpc) is 3.12. The van der Waals surface area contributed by atoms with Crippen molar-refractivity contribution in [1.82, 2.24) is 9.80 Å². The first-order chi connectivity index (χ1) is 16.9. The van der Waals surface area contributed by atoms with Gasteiger partial charge in [-0.2, -0.15) is 0 Å². The summed E-state index contributed by atoms with van der Waals surface area (Å²) in [7, 11) is 3.83. The Morgan fingerprint density at radius 3 is 2.26 bits per heavy atom. The summed E-state index contributed by atoms with van der Waals surface area (Å²) in [6, 6.07) is 23.7. The highest BCUT2D eigenvalue weighted by molar-refractivity contribution is 6.46. The minimum Gasteiger partial charge on any atom is -0.507 e. The van der Waals surface area contributed by atoms with Crippen LogP contribution in [0.4, 0.5) is 0 Å². The van der Waals surface area contributed by atoms with Gasteiger partial charge in [-0.3, -0.25) is 9.59 Å². The van der Waals surface area contributed by atoms with Crippen molar-refractivity contribution in [2.75, 3.05) is 27.2 Å². The zero-order chi connectivity index (χ0) is 24.9. The number of aliphatic hydroxyl groups excluding tert-OH is 1. The van der Waals surface area contributed by atoms with Gasteiger partial charge in [-0.05, 0) is 62.0 Å². The number of ether oxygens (including phenoxy) is 1. The van der Waals surface area contributed by atoms with Gasteiger partial charge >= 0.3 is 0 Å². The van der Waals surface area contributed by atoms with Crippen LogP contribution in [-0.4, -0.2) is 53.8 Å². The molecule has 6 heteroatoms. The molecule has 3 aromatic rings. The van der Waals surface area contributed by atoms with Gasteiger partial charge in [0.2, 0.25) is 0 Å². The van der Waals surface area contributed by atoms with Gasteiger partial charge in [0.25, 0.3) is 11.7 Å². The van der Waals surface area contributed by atoms with E-state index in [0.717, 1.165) is 16.7 Å². The van der Waals surface area contributed by atoms with E-state index >= 15 is 0 Å². The lowest BCUT2D eigenvalue weighted by Gasteiger charge is -2.26. The lowest BCUT2D eigenvalue weighted by atomic mass is 9.95. The molecule has 1 aliphatic heterocycles. The number of likely N-dealkylation sites (N-methyl/N-ethyl adjacent to an activating group) is 1. The second kappa shape index (κ2) is 10.6. The molecule has 0 aromatic heterocycles. The Hall–Kier alpha value is -3.90. The van der Waals surface area contributed by atoms with E-state index in [9.17, 15) is 14.7 Å². The number of benzene rings is 3. The fraction of sp³-hybridized carbons (Fsp3) is 0.241. The highest BCUT2D eigenvalue weighted by atomic mass is 16.5. The van der Waals surface area contributed by atoms with Crippen LogP contribution in [0.5, 0.6) is 5.75 Å². The van der Waals surface area contributed by atoms with Crippen LogP contribution in [0, 0.1) is 6.92 Å². The number of aliphatic hydroxyl groups is 1. The fourth-order valence-corrected chi connectivity index (χ4v) is 4.20. The van der Waals surface area contributed by atoms with Gasteiger partial charge in [0.15, 0.2) is 0 Å². The molecule has 180 valence electrons. The van der Waals surface area contributed by atoms with E-state index < -0.39 is 17.7 Å². The number of hydrogen-bond donors (Lipinski definition) is 1. The predicted molar refractivity (Wildman–Crippen MR) is 136 cm³/mol. The number of aryl methyl sites for hydroxylation is 1. The van der Waals surface area contributed by atoms with E-state index in [2.05, 4.69) is 0 Å². The van der Waals surface area contributed by atoms with E-state index in [1.807, 2.05) is 80.5 Å². The second-order valence-electron chi connectivity index (χ2n) is 8.95. The summed E-state index contributed by atoms with van der Waals surface area (Å²) in [4.78, 5) is 29.5. The molecular weight excluding hydrogens is 440 g/mol. The molecule has 0 bridgehead atoms. The standard InChI is InChI=1S/C29H30N2O4/c1-20-9-7-8-12-23(20)19-35-24-15-13-22(14-16-24)27(32)25-26(21-10-5-4-6-11-21)31(18-17-30(2)3)29(34)28(25)33/h4-16,26,32H,17-19H2,1-3H3/b27-25+. The Bertz CT molecular complexity index is 1230. The van der Waals surface area contributed by atoms with Gasteiger partial charge in [-0.25, -0.2) is 0 Å². The Morgan fingerprint density at radius 1 is 0.943 bits per heavy atom. The van der Waals surface area contributed by atoms with Crippen molar-refractivity contribution < 1.29 is 19.4 Å². The lowest BCUT2D eigenvalue weighted by molar-refractivity contribution is -0.140. The summed E-state index contributed by atoms with van der Waals surface area (Å²) in [5.74, 6) is -0.804. The molecule has 35 heavy (non-hydrogen) atoms. The van der Waals surface area contributed by atoms with Crippen molar-refractivity contribution in [3.63, 3.8) is 0 Å². The molecule has 1 amide bonds. The van der Waals surface area contributed by atoms with Crippen molar-refractivity contribution in [2.24, 2.45) is 0 Å². The molecular formula is C29H30N2O4. The summed E-state index contributed by atoms with van der Waals surface area (Å²) in [6.07, 6.45) is 0. The van der Waals surface area contributed by atoms with Crippen LogP contribution in [0.15, 0.2) is 84.4 Å². The number of carbonyl (C=O) groups is 2. The predicted octanol–water partition coefficient (Wildman–Crippen LogP) is 4.56.